The summed E-state index contributed by atoms with van der Waals surface area (Å²) in [6, 6.07) is 11.7. The number of sulfone groups is 1. The number of rotatable bonds is 9. The molecular formula is C27H36N4O3S2. The number of nitrogens with zero attached hydrogens (tertiary/aromatic N) is 3. The Kier molecular flexibility index (Phi) is 8.51. The molecular weight excluding hydrogens is 492 g/mol. The molecule has 0 saturated heterocycles. The topological polar surface area (TPSA) is 80.4 Å². The van der Waals surface area contributed by atoms with Gasteiger partial charge in [0, 0.05) is 12.1 Å². The molecule has 0 spiro atoms. The predicted molar refractivity (Wildman–Crippen MR) is 145 cm³/mol. The van der Waals surface area contributed by atoms with Crippen LogP contribution in [0, 0.1) is 6.92 Å². The van der Waals surface area contributed by atoms with Crippen LogP contribution in [0.25, 0.3) is 0 Å². The largest absolute Gasteiger partial charge is 0.467 e. The fourth-order valence-electron chi connectivity index (χ4n) is 4.86. The van der Waals surface area contributed by atoms with E-state index >= 15 is 0 Å². The molecule has 1 N–H and O–H groups in total. The Bertz CT molecular complexity index is 1260. The van der Waals surface area contributed by atoms with Crippen molar-refractivity contribution in [2.75, 3.05) is 0 Å². The van der Waals surface area contributed by atoms with E-state index in [1.807, 2.05) is 66.6 Å². The van der Waals surface area contributed by atoms with Gasteiger partial charge in [-0.2, -0.15) is 0 Å². The van der Waals surface area contributed by atoms with Crippen LogP contribution in [0.3, 0.4) is 0 Å². The summed E-state index contributed by atoms with van der Waals surface area (Å²) in [4.78, 5) is 6.53. The highest BCUT2D eigenvalue weighted by Gasteiger charge is 2.30. The third-order valence-corrected chi connectivity index (χ3v) is 8.42. The van der Waals surface area contributed by atoms with Gasteiger partial charge in [-0.1, -0.05) is 49.1 Å². The van der Waals surface area contributed by atoms with E-state index in [1.165, 1.54) is 6.42 Å². The van der Waals surface area contributed by atoms with Gasteiger partial charge in [0.2, 0.25) is 15.0 Å². The molecule has 7 nitrogen and oxygen atoms in total. The van der Waals surface area contributed by atoms with Gasteiger partial charge >= 0.3 is 0 Å². The van der Waals surface area contributed by atoms with Gasteiger partial charge in [-0.05, 0) is 63.5 Å². The molecule has 194 valence electrons. The highest BCUT2D eigenvalue weighted by Crippen LogP contribution is 2.33. The molecule has 36 heavy (non-hydrogen) atoms. The maximum Gasteiger partial charge on any atom is 0.228 e. The van der Waals surface area contributed by atoms with Crippen LogP contribution in [0.5, 0.6) is 0 Å². The summed E-state index contributed by atoms with van der Waals surface area (Å²) in [5.74, 6) is 0.723. The minimum absolute atomic E-state index is 0.0682. The summed E-state index contributed by atoms with van der Waals surface area (Å²) in [7, 11) is -3.65. The second-order valence-electron chi connectivity index (χ2n) is 9.98. The Labute approximate surface area is 219 Å². The third-order valence-electron chi connectivity index (χ3n) is 6.48. The lowest BCUT2D eigenvalue weighted by Crippen LogP contribution is -2.42. The van der Waals surface area contributed by atoms with Crippen LogP contribution < -0.4 is 5.32 Å². The quantitative estimate of drug-likeness (QED) is 0.365. The van der Waals surface area contributed by atoms with Gasteiger partial charge in [0.05, 0.1) is 37.0 Å². The zero-order valence-electron chi connectivity index (χ0n) is 21.3. The maximum atomic E-state index is 13.7. The van der Waals surface area contributed by atoms with E-state index in [4.69, 9.17) is 16.6 Å². The van der Waals surface area contributed by atoms with E-state index in [-0.39, 0.29) is 23.0 Å². The van der Waals surface area contributed by atoms with E-state index in [2.05, 4.69) is 10.3 Å². The van der Waals surface area contributed by atoms with Crippen LogP contribution in [0.1, 0.15) is 74.6 Å². The number of furan rings is 1. The number of hydrogen-bond acceptors (Lipinski definition) is 5. The molecule has 1 aliphatic carbocycles. The Balaban J connectivity index is 1.69. The molecule has 0 aliphatic heterocycles. The van der Waals surface area contributed by atoms with Gasteiger partial charge < -0.3 is 19.2 Å². The Hall–Kier alpha value is -2.65. The van der Waals surface area contributed by atoms with Crippen LogP contribution >= 0.6 is 12.2 Å². The van der Waals surface area contributed by atoms with Crippen molar-refractivity contribution in [2.24, 2.45) is 0 Å². The second kappa shape index (κ2) is 11.6. The molecule has 2 aromatic heterocycles. The fraction of sp³-hybridized carbons (Fsp3) is 0.481. The standard InChI is InChI=1S/C27H36N4O3S2/c1-20(2)29-26(35)30(18-25-13-8-14-34-25)17-24-16-28-27(31(24)23-11-5-4-6-12-23)36(32,33)19-22-10-7-9-21(3)15-22/h7-10,13-16,20,23H,4-6,11-12,17-19H2,1-3H3,(H,29,35). The SMILES string of the molecule is Cc1cccc(CS(=O)(=O)c2ncc(CN(Cc3ccco3)C(=S)NC(C)C)n2C2CCCCC2)c1. The molecule has 1 aliphatic rings. The Morgan fingerprint density at radius 2 is 1.97 bits per heavy atom. The zero-order chi connectivity index (χ0) is 25.7. The van der Waals surface area contributed by atoms with E-state index in [0.29, 0.717) is 18.2 Å². The van der Waals surface area contributed by atoms with Gasteiger partial charge in [-0.15, -0.1) is 0 Å². The highest BCUT2D eigenvalue weighted by molar-refractivity contribution is 7.90. The maximum absolute atomic E-state index is 13.7. The number of nitrogens with one attached hydrogen (secondary N) is 1. The van der Waals surface area contributed by atoms with E-state index in [0.717, 1.165) is 48.3 Å². The van der Waals surface area contributed by atoms with Crippen molar-refractivity contribution in [2.45, 2.75) is 89.0 Å². The number of aryl methyl sites for hydroxylation is 1. The predicted octanol–water partition coefficient (Wildman–Crippen LogP) is 5.55. The summed E-state index contributed by atoms with van der Waals surface area (Å²) in [6.07, 6.45) is 8.61. The molecule has 0 unspecified atom stereocenters. The molecule has 4 rings (SSSR count). The molecule has 0 amide bonds. The highest BCUT2D eigenvalue weighted by atomic mass is 32.2. The number of benzene rings is 1. The number of imidazole rings is 1. The summed E-state index contributed by atoms with van der Waals surface area (Å²) in [6.45, 7) is 6.97. The molecule has 1 saturated carbocycles. The number of hydrogen-bond donors (Lipinski definition) is 1. The van der Waals surface area contributed by atoms with Crippen molar-refractivity contribution >= 4 is 27.2 Å². The van der Waals surface area contributed by atoms with Crippen molar-refractivity contribution in [3.63, 3.8) is 0 Å². The molecule has 2 heterocycles. The van der Waals surface area contributed by atoms with Crippen LogP contribution in [0.15, 0.2) is 58.4 Å². The summed E-state index contributed by atoms with van der Waals surface area (Å²) in [5.41, 5.74) is 2.67. The average molecular weight is 529 g/mol. The van der Waals surface area contributed by atoms with Gasteiger partial charge in [0.15, 0.2) is 5.11 Å². The van der Waals surface area contributed by atoms with E-state index in [1.54, 1.807) is 12.5 Å². The zero-order valence-corrected chi connectivity index (χ0v) is 22.9. The summed E-state index contributed by atoms with van der Waals surface area (Å²) < 4.78 is 34.9. The van der Waals surface area contributed by atoms with Crippen molar-refractivity contribution in [1.29, 1.82) is 0 Å². The van der Waals surface area contributed by atoms with Crippen LogP contribution in [0.2, 0.25) is 0 Å². The average Bonchev–Trinajstić information content (AvgIpc) is 3.49. The summed E-state index contributed by atoms with van der Waals surface area (Å²) >= 11 is 5.73. The molecule has 0 radical (unpaired) electrons. The van der Waals surface area contributed by atoms with Crippen LogP contribution in [-0.4, -0.2) is 34.0 Å². The lowest BCUT2D eigenvalue weighted by Gasteiger charge is -2.30. The van der Waals surface area contributed by atoms with Crippen molar-refractivity contribution < 1.29 is 12.8 Å². The Morgan fingerprint density at radius 1 is 1.19 bits per heavy atom. The van der Waals surface area contributed by atoms with Crippen LogP contribution in [0.4, 0.5) is 0 Å². The molecule has 1 aromatic carbocycles. The molecule has 0 bridgehead atoms. The third kappa shape index (κ3) is 6.56. The minimum Gasteiger partial charge on any atom is -0.467 e. The fourth-order valence-corrected chi connectivity index (χ4v) is 6.76. The van der Waals surface area contributed by atoms with Crippen molar-refractivity contribution in [1.82, 2.24) is 19.8 Å². The van der Waals surface area contributed by atoms with E-state index < -0.39 is 9.84 Å². The van der Waals surface area contributed by atoms with Crippen molar-refractivity contribution in [3.8, 4) is 0 Å². The second-order valence-corrected chi connectivity index (χ2v) is 12.3. The first kappa shape index (κ1) is 26.4. The Morgan fingerprint density at radius 3 is 2.64 bits per heavy atom. The van der Waals surface area contributed by atoms with Crippen molar-refractivity contribution in [3.05, 3.63) is 71.4 Å². The van der Waals surface area contributed by atoms with Crippen LogP contribution in [-0.2, 0) is 28.7 Å². The van der Waals surface area contributed by atoms with Gasteiger partial charge in [-0.3, -0.25) is 0 Å². The lowest BCUT2D eigenvalue weighted by molar-refractivity contribution is 0.301. The monoisotopic (exact) mass is 528 g/mol. The first-order chi connectivity index (χ1) is 17.2. The van der Waals surface area contributed by atoms with E-state index in [9.17, 15) is 8.42 Å². The smallest absolute Gasteiger partial charge is 0.228 e. The lowest BCUT2D eigenvalue weighted by atomic mass is 9.95. The van der Waals surface area contributed by atoms with Gasteiger partial charge in [-0.25, -0.2) is 13.4 Å². The molecule has 1 fully saturated rings. The van der Waals surface area contributed by atoms with Gasteiger partial charge in [0.25, 0.3) is 0 Å². The first-order valence-electron chi connectivity index (χ1n) is 12.6. The molecule has 9 heteroatoms. The molecule has 0 atom stereocenters. The summed E-state index contributed by atoms with van der Waals surface area (Å²) in [5, 5.41) is 4.08. The normalized spacial score (nSPS) is 14.8. The number of aromatic nitrogens is 2. The first-order valence-corrected chi connectivity index (χ1v) is 14.7. The van der Waals surface area contributed by atoms with Gasteiger partial charge in [0.1, 0.15) is 5.76 Å². The minimum atomic E-state index is -3.65. The number of thiocarbonyl (C=S) groups is 1. The molecule has 3 aromatic rings.